The van der Waals surface area contributed by atoms with Crippen LogP contribution in [0, 0.1) is 5.92 Å². The van der Waals surface area contributed by atoms with Gasteiger partial charge in [-0.25, -0.2) is 0 Å². The summed E-state index contributed by atoms with van der Waals surface area (Å²) in [7, 11) is 0. The van der Waals surface area contributed by atoms with Crippen molar-refractivity contribution >= 4 is 5.97 Å². The van der Waals surface area contributed by atoms with Gasteiger partial charge in [0.25, 0.3) is 0 Å². The predicted octanol–water partition coefficient (Wildman–Crippen LogP) is 0.755. The smallest absolute Gasteiger partial charge is 0.308 e. The first kappa shape index (κ1) is 8.27. The van der Waals surface area contributed by atoms with E-state index in [0.29, 0.717) is 6.42 Å². The van der Waals surface area contributed by atoms with Gasteiger partial charge in [0.1, 0.15) is 0 Å². The first-order chi connectivity index (χ1) is 5.15. The van der Waals surface area contributed by atoms with Crippen molar-refractivity contribution in [1.29, 1.82) is 0 Å². The zero-order chi connectivity index (χ0) is 8.43. The Morgan fingerprint density at radius 2 is 2.36 bits per heavy atom. The first-order valence-corrected chi connectivity index (χ1v) is 3.77. The molecule has 1 rings (SSSR count). The minimum absolute atomic E-state index is 0.182. The molecule has 0 heterocycles. The molecule has 0 aromatic heterocycles. The quantitative estimate of drug-likeness (QED) is 0.549. The molecule has 0 saturated heterocycles. The van der Waals surface area contributed by atoms with E-state index in [1.54, 1.807) is 0 Å². The van der Waals surface area contributed by atoms with Gasteiger partial charge in [0.2, 0.25) is 0 Å². The molecule has 1 fully saturated rings. The van der Waals surface area contributed by atoms with E-state index in [-0.39, 0.29) is 12.0 Å². The van der Waals surface area contributed by atoms with Gasteiger partial charge in [-0.3, -0.25) is 4.79 Å². The maximum Gasteiger partial charge on any atom is 0.308 e. The Morgan fingerprint density at radius 3 is 2.64 bits per heavy atom. The standard InChI is InChI=1S/C8H13NO2/c1-2-5-3-6(8(10)11)7(9)4-5/h2,6-7H,3-4,9H2,1H3,(H,10,11)/t6-,7+/m1/s1. The summed E-state index contributed by atoms with van der Waals surface area (Å²) in [5, 5.41) is 8.69. The van der Waals surface area contributed by atoms with Crippen LogP contribution in [0.25, 0.3) is 0 Å². The number of allylic oxidation sites excluding steroid dienone is 1. The Balaban J connectivity index is 2.66. The fraction of sp³-hybridized carbons (Fsp3) is 0.625. The predicted molar refractivity (Wildman–Crippen MR) is 42.1 cm³/mol. The summed E-state index contributed by atoms with van der Waals surface area (Å²) < 4.78 is 0. The number of hydrogen-bond donors (Lipinski definition) is 2. The van der Waals surface area contributed by atoms with Crippen molar-refractivity contribution < 1.29 is 9.90 Å². The molecule has 0 aromatic carbocycles. The summed E-state index contributed by atoms with van der Waals surface area (Å²) in [6, 6.07) is -0.182. The third-order valence-corrected chi connectivity index (χ3v) is 2.22. The van der Waals surface area contributed by atoms with E-state index in [0.717, 1.165) is 6.42 Å². The zero-order valence-electron chi connectivity index (χ0n) is 6.58. The van der Waals surface area contributed by atoms with E-state index in [2.05, 4.69) is 0 Å². The van der Waals surface area contributed by atoms with Gasteiger partial charge in [0.15, 0.2) is 0 Å². The number of carboxylic acid groups (broad SMARTS) is 1. The molecular formula is C8H13NO2. The van der Waals surface area contributed by atoms with Crippen molar-refractivity contribution in [2.45, 2.75) is 25.8 Å². The average molecular weight is 155 g/mol. The summed E-state index contributed by atoms with van der Waals surface area (Å²) in [4.78, 5) is 10.6. The average Bonchev–Trinajstić information content (AvgIpc) is 2.30. The normalized spacial score (nSPS) is 34.5. The molecule has 1 aliphatic rings. The second-order valence-electron chi connectivity index (χ2n) is 2.96. The second-order valence-corrected chi connectivity index (χ2v) is 2.96. The molecule has 0 aliphatic heterocycles. The highest BCUT2D eigenvalue weighted by Crippen LogP contribution is 2.29. The minimum atomic E-state index is -0.769. The van der Waals surface area contributed by atoms with Crippen LogP contribution < -0.4 is 5.73 Å². The van der Waals surface area contributed by atoms with Crippen molar-refractivity contribution in [3.63, 3.8) is 0 Å². The number of hydrogen-bond acceptors (Lipinski definition) is 2. The van der Waals surface area contributed by atoms with Crippen molar-refractivity contribution in [3.8, 4) is 0 Å². The topological polar surface area (TPSA) is 63.3 Å². The third kappa shape index (κ3) is 1.60. The Morgan fingerprint density at radius 1 is 1.73 bits per heavy atom. The van der Waals surface area contributed by atoms with Crippen molar-refractivity contribution in [1.82, 2.24) is 0 Å². The summed E-state index contributed by atoms with van der Waals surface area (Å²) in [5.41, 5.74) is 6.80. The lowest BCUT2D eigenvalue weighted by molar-refractivity contribution is -0.141. The molecule has 2 atom stereocenters. The summed E-state index contributed by atoms with van der Waals surface area (Å²) >= 11 is 0. The summed E-state index contributed by atoms with van der Waals surface area (Å²) in [5.74, 6) is -1.13. The maximum absolute atomic E-state index is 10.6. The van der Waals surface area contributed by atoms with E-state index < -0.39 is 5.97 Å². The van der Waals surface area contributed by atoms with E-state index in [9.17, 15) is 4.79 Å². The molecule has 0 amide bonds. The first-order valence-electron chi connectivity index (χ1n) is 3.77. The molecule has 0 unspecified atom stereocenters. The number of rotatable bonds is 1. The van der Waals surface area contributed by atoms with Crippen LogP contribution in [-0.4, -0.2) is 17.1 Å². The third-order valence-electron chi connectivity index (χ3n) is 2.22. The second kappa shape index (κ2) is 3.05. The van der Waals surface area contributed by atoms with Gasteiger partial charge in [0.05, 0.1) is 5.92 Å². The van der Waals surface area contributed by atoms with Crippen LogP contribution >= 0.6 is 0 Å². The summed E-state index contributed by atoms with van der Waals surface area (Å²) in [6.45, 7) is 1.92. The number of carbonyl (C=O) groups is 1. The molecule has 3 nitrogen and oxygen atoms in total. The lowest BCUT2D eigenvalue weighted by Crippen LogP contribution is -2.30. The number of aliphatic carboxylic acids is 1. The Hall–Kier alpha value is -0.830. The van der Waals surface area contributed by atoms with Gasteiger partial charge in [-0.05, 0) is 19.8 Å². The molecule has 0 radical (unpaired) electrons. The van der Waals surface area contributed by atoms with Crippen molar-refractivity contribution in [3.05, 3.63) is 11.6 Å². The van der Waals surface area contributed by atoms with Gasteiger partial charge in [-0.1, -0.05) is 11.6 Å². The Labute approximate surface area is 65.9 Å². The SMILES string of the molecule is CC=C1C[C@H](N)[C@H](C(=O)O)C1. The fourth-order valence-electron chi connectivity index (χ4n) is 1.47. The number of nitrogens with two attached hydrogens (primary N) is 1. The van der Waals surface area contributed by atoms with Crippen LogP contribution in [0.1, 0.15) is 19.8 Å². The maximum atomic E-state index is 10.6. The molecule has 11 heavy (non-hydrogen) atoms. The van der Waals surface area contributed by atoms with Crippen LogP contribution in [0.5, 0.6) is 0 Å². The molecule has 62 valence electrons. The van der Waals surface area contributed by atoms with Crippen molar-refractivity contribution in [2.75, 3.05) is 0 Å². The Bertz CT molecular complexity index is 198. The zero-order valence-corrected chi connectivity index (χ0v) is 6.58. The Kier molecular flexibility index (Phi) is 2.29. The van der Waals surface area contributed by atoms with Crippen LogP contribution in [0.2, 0.25) is 0 Å². The van der Waals surface area contributed by atoms with Crippen LogP contribution in [-0.2, 0) is 4.79 Å². The lowest BCUT2D eigenvalue weighted by atomic mass is 10.1. The number of carboxylic acids is 1. The van der Waals surface area contributed by atoms with Crippen LogP contribution in [0.15, 0.2) is 11.6 Å². The van der Waals surface area contributed by atoms with Gasteiger partial charge in [0, 0.05) is 6.04 Å². The van der Waals surface area contributed by atoms with Gasteiger partial charge >= 0.3 is 5.97 Å². The largest absolute Gasteiger partial charge is 0.481 e. The van der Waals surface area contributed by atoms with E-state index in [1.165, 1.54) is 5.57 Å². The monoisotopic (exact) mass is 155 g/mol. The van der Waals surface area contributed by atoms with E-state index in [1.807, 2.05) is 13.0 Å². The van der Waals surface area contributed by atoms with Crippen molar-refractivity contribution in [2.24, 2.45) is 11.7 Å². The van der Waals surface area contributed by atoms with Crippen LogP contribution in [0.3, 0.4) is 0 Å². The molecule has 0 spiro atoms. The van der Waals surface area contributed by atoms with Gasteiger partial charge < -0.3 is 10.8 Å². The minimum Gasteiger partial charge on any atom is -0.481 e. The molecule has 1 saturated carbocycles. The molecule has 3 heteroatoms. The van der Waals surface area contributed by atoms with Crippen LogP contribution in [0.4, 0.5) is 0 Å². The summed E-state index contributed by atoms with van der Waals surface area (Å²) in [6.07, 6.45) is 3.34. The fourth-order valence-corrected chi connectivity index (χ4v) is 1.47. The van der Waals surface area contributed by atoms with Gasteiger partial charge in [-0.2, -0.15) is 0 Å². The molecule has 3 N–H and O–H groups in total. The highest BCUT2D eigenvalue weighted by molar-refractivity contribution is 5.72. The molecule has 1 aliphatic carbocycles. The highest BCUT2D eigenvalue weighted by Gasteiger charge is 2.32. The molecule has 0 bridgehead atoms. The van der Waals surface area contributed by atoms with E-state index in [4.69, 9.17) is 10.8 Å². The lowest BCUT2D eigenvalue weighted by Gasteiger charge is -2.07. The highest BCUT2D eigenvalue weighted by atomic mass is 16.4. The molecular weight excluding hydrogens is 142 g/mol. The van der Waals surface area contributed by atoms with Gasteiger partial charge in [-0.15, -0.1) is 0 Å². The van der Waals surface area contributed by atoms with E-state index >= 15 is 0 Å². The molecule has 0 aromatic rings.